The molecule has 5 nitrogen and oxygen atoms in total. The van der Waals surface area contributed by atoms with Gasteiger partial charge in [0.15, 0.2) is 5.82 Å². The largest absolute Gasteiger partial charge is 0.455 e. The third-order valence-corrected chi connectivity index (χ3v) is 10.1. The Labute approximate surface area is 292 Å². The number of para-hydroxylation sites is 5. The highest BCUT2D eigenvalue weighted by Gasteiger charge is 2.21. The molecule has 0 atom stereocenters. The smallest absolute Gasteiger partial charge is 0.165 e. The standard InChI is InChI=1S/C46H28N4O/c1-3-14-29(15-4-1)38-27-44(48-46(47-38)35-22-13-21-34-33-20-9-12-25-43(33)51-45(34)35)50-40-24-11-8-19-32(40)37-26-36-31-18-7-10-23-39(31)49(41(36)28-42(37)50)30-16-5-2-6-17-30/h1-28H. The minimum atomic E-state index is 0.612. The van der Waals surface area contributed by atoms with E-state index in [2.05, 4.69) is 155 Å². The first-order chi connectivity index (χ1) is 25.3. The van der Waals surface area contributed by atoms with Crippen molar-refractivity contribution in [3.63, 3.8) is 0 Å². The van der Waals surface area contributed by atoms with Gasteiger partial charge in [-0.05, 0) is 48.5 Å². The number of rotatable bonds is 4. The van der Waals surface area contributed by atoms with Gasteiger partial charge in [-0.3, -0.25) is 4.57 Å². The second-order valence-corrected chi connectivity index (χ2v) is 13.0. The number of hydrogen-bond donors (Lipinski definition) is 0. The van der Waals surface area contributed by atoms with Gasteiger partial charge in [0.1, 0.15) is 17.0 Å². The first kappa shape index (κ1) is 27.9. The number of nitrogens with zero attached hydrogens (tertiary/aromatic N) is 4. The van der Waals surface area contributed by atoms with E-state index < -0.39 is 0 Å². The highest BCUT2D eigenvalue weighted by Crippen LogP contribution is 2.41. The van der Waals surface area contributed by atoms with Crippen molar-refractivity contribution in [2.24, 2.45) is 0 Å². The quantitative estimate of drug-likeness (QED) is 0.190. The van der Waals surface area contributed by atoms with Crippen molar-refractivity contribution >= 4 is 65.6 Å². The van der Waals surface area contributed by atoms with E-state index in [9.17, 15) is 0 Å². The van der Waals surface area contributed by atoms with Crippen molar-refractivity contribution in [2.45, 2.75) is 0 Å². The fourth-order valence-electron chi connectivity index (χ4n) is 7.88. The summed E-state index contributed by atoms with van der Waals surface area (Å²) in [5.74, 6) is 1.40. The second-order valence-electron chi connectivity index (χ2n) is 13.0. The van der Waals surface area contributed by atoms with E-state index >= 15 is 0 Å². The van der Waals surface area contributed by atoms with E-state index in [0.717, 1.165) is 66.8 Å². The Morgan fingerprint density at radius 2 is 1.02 bits per heavy atom. The van der Waals surface area contributed by atoms with E-state index in [1.54, 1.807) is 0 Å². The first-order valence-corrected chi connectivity index (χ1v) is 17.2. The molecule has 11 rings (SSSR count). The van der Waals surface area contributed by atoms with Crippen LogP contribution in [-0.2, 0) is 0 Å². The van der Waals surface area contributed by atoms with Crippen molar-refractivity contribution in [1.29, 1.82) is 0 Å². The number of furan rings is 1. The molecule has 0 aliphatic rings. The predicted molar refractivity (Wildman–Crippen MR) is 209 cm³/mol. The maximum Gasteiger partial charge on any atom is 0.165 e. The normalized spacial score (nSPS) is 11.9. The zero-order valence-electron chi connectivity index (χ0n) is 27.4. The van der Waals surface area contributed by atoms with Gasteiger partial charge < -0.3 is 8.98 Å². The third kappa shape index (κ3) is 4.15. The van der Waals surface area contributed by atoms with Crippen LogP contribution in [0.5, 0.6) is 0 Å². The van der Waals surface area contributed by atoms with Crippen LogP contribution in [0.2, 0.25) is 0 Å². The molecule has 0 aliphatic carbocycles. The fourth-order valence-corrected chi connectivity index (χ4v) is 7.88. The van der Waals surface area contributed by atoms with Crippen LogP contribution in [0.4, 0.5) is 0 Å². The fraction of sp³-hybridized carbons (Fsp3) is 0. The summed E-state index contributed by atoms with van der Waals surface area (Å²) in [4.78, 5) is 10.6. The summed E-state index contributed by atoms with van der Waals surface area (Å²) < 4.78 is 11.2. The summed E-state index contributed by atoms with van der Waals surface area (Å²) in [5.41, 5.74) is 9.96. The molecule has 5 heteroatoms. The van der Waals surface area contributed by atoms with E-state index in [4.69, 9.17) is 14.4 Å². The van der Waals surface area contributed by atoms with E-state index in [1.165, 1.54) is 27.1 Å². The van der Waals surface area contributed by atoms with Crippen molar-refractivity contribution in [3.05, 3.63) is 170 Å². The van der Waals surface area contributed by atoms with Gasteiger partial charge in [-0.1, -0.05) is 115 Å². The maximum absolute atomic E-state index is 6.50. The molecule has 0 unspecified atom stereocenters. The molecule has 0 aliphatic heterocycles. The zero-order chi connectivity index (χ0) is 33.5. The van der Waals surface area contributed by atoms with Crippen LogP contribution in [0.25, 0.3) is 99.7 Å². The number of fused-ring (bicyclic) bond motifs is 9. The summed E-state index contributed by atoms with van der Waals surface area (Å²) in [6, 6.07) is 59.5. The minimum absolute atomic E-state index is 0.612. The van der Waals surface area contributed by atoms with Crippen LogP contribution in [0.3, 0.4) is 0 Å². The minimum Gasteiger partial charge on any atom is -0.455 e. The van der Waals surface area contributed by atoms with Gasteiger partial charge in [0.2, 0.25) is 0 Å². The number of hydrogen-bond acceptors (Lipinski definition) is 3. The molecule has 0 N–H and O–H groups in total. The van der Waals surface area contributed by atoms with Gasteiger partial charge in [0, 0.05) is 49.6 Å². The monoisotopic (exact) mass is 652 g/mol. The summed E-state index contributed by atoms with van der Waals surface area (Å²) in [6.07, 6.45) is 0. The summed E-state index contributed by atoms with van der Waals surface area (Å²) in [5, 5.41) is 6.92. The Morgan fingerprint density at radius 1 is 0.412 bits per heavy atom. The van der Waals surface area contributed by atoms with Gasteiger partial charge in [0.25, 0.3) is 0 Å². The molecule has 0 fully saturated rings. The zero-order valence-corrected chi connectivity index (χ0v) is 27.4. The van der Waals surface area contributed by atoms with Gasteiger partial charge >= 0.3 is 0 Å². The highest BCUT2D eigenvalue weighted by molar-refractivity contribution is 6.19. The molecule has 4 aromatic heterocycles. The average molecular weight is 653 g/mol. The molecule has 0 saturated heterocycles. The van der Waals surface area contributed by atoms with Gasteiger partial charge in [-0.15, -0.1) is 0 Å². The summed E-state index contributed by atoms with van der Waals surface area (Å²) in [7, 11) is 0. The lowest BCUT2D eigenvalue weighted by atomic mass is 10.1. The van der Waals surface area contributed by atoms with E-state index in [0.29, 0.717) is 5.82 Å². The van der Waals surface area contributed by atoms with Crippen LogP contribution in [0, 0.1) is 0 Å². The highest BCUT2D eigenvalue weighted by atomic mass is 16.3. The molecule has 0 saturated carbocycles. The average Bonchev–Trinajstić information content (AvgIpc) is 3.85. The molecule has 0 spiro atoms. The van der Waals surface area contributed by atoms with Crippen LogP contribution < -0.4 is 0 Å². The molecule has 0 bridgehead atoms. The Morgan fingerprint density at radius 3 is 1.78 bits per heavy atom. The number of benzene rings is 7. The Kier molecular flexibility index (Phi) is 5.89. The van der Waals surface area contributed by atoms with Crippen molar-refractivity contribution in [3.8, 4) is 34.2 Å². The predicted octanol–water partition coefficient (Wildman–Crippen LogP) is 11.9. The lowest BCUT2D eigenvalue weighted by Gasteiger charge is -2.13. The topological polar surface area (TPSA) is 48.8 Å². The molecule has 51 heavy (non-hydrogen) atoms. The third-order valence-electron chi connectivity index (χ3n) is 10.1. The molecule has 4 heterocycles. The summed E-state index contributed by atoms with van der Waals surface area (Å²) in [6.45, 7) is 0. The van der Waals surface area contributed by atoms with Crippen molar-refractivity contribution < 1.29 is 4.42 Å². The lowest BCUT2D eigenvalue weighted by molar-refractivity contribution is 0.669. The Balaban J connectivity index is 1.25. The van der Waals surface area contributed by atoms with Crippen molar-refractivity contribution in [1.82, 2.24) is 19.1 Å². The molecule has 238 valence electrons. The van der Waals surface area contributed by atoms with Gasteiger partial charge in [-0.2, -0.15) is 0 Å². The van der Waals surface area contributed by atoms with E-state index in [1.807, 2.05) is 24.3 Å². The van der Waals surface area contributed by atoms with Crippen LogP contribution in [0.1, 0.15) is 0 Å². The molecule has 7 aromatic carbocycles. The Hall–Kier alpha value is -6.98. The Bertz CT molecular complexity index is 3130. The van der Waals surface area contributed by atoms with E-state index in [-0.39, 0.29) is 0 Å². The van der Waals surface area contributed by atoms with Crippen molar-refractivity contribution in [2.75, 3.05) is 0 Å². The van der Waals surface area contributed by atoms with Crippen LogP contribution >= 0.6 is 0 Å². The SMILES string of the molecule is c1ccc(-c2cc(-n3c4ccccc4c4cc5c6ccccc6n(-c6ccccc6)c5cc43)nc(-c3cccc4c3oc3ccccc34)n2)cc1. The molecule has 11 aromatic rings. The lowest BCUT2D eigenvalue weighted by Crippen LogP contribution is -2.03. The summed E-state index contributed by atoms with van der Waals surface area (Å²) >= 11 is 0. The van der Waals surface area contributed by atoms with Gasteiger partial charge in [0.05, 0.1) is 33.3 Å². The van der Waals surface area contributed by atoms with Crippen LogP contribution in [-0.4, -0.2) is 19.1 Å². The van der Waals surface area contributed by atoms with Gasteiger partial charge in [-0.25, -0.2) is 9.97 Å². The maximum atomic E-state index is 6.50. The van der Waals surface area contributed by atoms with Crippen LogP contribution in [0.15, 0.2) is 174 Å². The molecular weight excluding hydrogens is 625 g/mol. The molecule has 0 radical (unpaired) electrons. The second kappa shape index (κ2) is 10.8. The number of aromatic nitrogens is 4. The molecular formula is C46H28N4O. The molecule has 0 amide bonds. The first-order valence-electron chi connectivity index (χ1n) is 17.2.